The summed E-state index contributed by atoms with van der Waals surface area (Å²) in [5.74, 6) is 0.933. The average molecular weight is 234 g/mol. The molecular formula is C15H22O2. The monoisotopic (exact) mass is 234 g/mol. The zero-order valence-electron chi connectivity index (χ0n) is 11.0. The van der Waals surface area contributed by atoms with Gasteiger partial charge in [0.2, 0.25) is 0 Å². The molecule has 0 unspecified atom stereocenters. The molecule has 0 aliphatic heterocycles. The summed E-state index contributed by atoms with van der Waals surface area (Å²) in [6.07, 6.45) is 8.89. The van der Waals surface area contributed by atoms with Crippen LogP contribution in [-0.2, 0) is 6.42 Å². The van der Waals surface area contributed by atoms with E-state index in [-0.39, 0.29) is 6.61 Å². The van der Waals surface area contributed by atoms with E-state index in [1.165, 1.54) is 16.7 Å². The lowest BCUT2D eigenvalue weighted by atomic mass is 10.1. The second kappa shape index (κ2) is 7.13. The summed E-state index contributed by atoms with van der Waals surface area (Å²) in [5.41, 5.74) is 3.74. The fraction of sp³-hybridized carbons (Fsp3) is 0.467. The Labute approximate surface area is 104 Å². The van der Waals surface area contributed by atoms with Crippen LogP contribution in [0.5, 0.6) is 0 Å². The van der Waals surface area contributed by atoms with Crippen molar-refractivity contribution < 1.29 is 9.52 Å². The average Bonchev–Trinajstić information content (AvgIpc) is 2.65. The lowest BCUT2D eigenvalue weighted by Gasteiger charge is -1.99. The quantitative estimate of drug-likeness (QED) is 0.756. The molecule has 0 bridgehead atoms. The van der Waals surface area contributed by atoms with E-state index < -0.39 is 0 Å². The van der Waals surface area contributed by atoms with Gasteiger partial charge in [-0.1, -0.05) is 17.2 Å². The van der Waals surface area contributed by atoms with Crippen LogP contribution in [0.1, 0.15) is 44.9 Å². The van der Waals surface area contributed by atoms with Crippen molar-refractivity contribution in [3.05, 3.63) is 40.9 Å². The zero-order valence-corrected chi connectivity index (χ0v) is 11.0. The Morgan fingerprint density at radius 1 is 1.35 bits per heavy atom. The molecule has 0 aliphatic carbocycles. The Kier molecular flexibility index (Phi) is 5.78. The van der Waals surface area contributed by atoms with E-state index in [4.69, 9.17) is 9.52 Å². The third-order valence-corrected chi connectivity index (χ3v) is 2.58. The second-order valence-electron chi connectivity index (χ2n) is 4.67. The van der Waals surface area contributed by atoms with Gasteiger partial charge < -0.3 is 9.52 Å². The number of aliphatic hydroxyl groups excluding tert-OH is 1. The fourth-order valence-corrected chi connectivity index (χ4v) is 1.72. The van der Waals surface area contributed by atoms with Crippen LogP contribution in [-0.4, -0.2) is 11.7 Å². The van der Waals surface area contributed by atoms with Gasteiger partial charge in [-0.05, 0) is 57.7 Å². The molecule has 0 spiro atoms. The molecule has 0 saturated carbocycles. The maximum absolute atomic E-state index is 8.74. The van der Waals surface area contributed by atoms with Crippen molar-refractivity contribution in [3.8, 4) is 0 Å². The summed E-state index contributed by atoms with van der Waals surface area (Å²) in [6.45, 7) is 6.32. The van der Waals surface area contributed by atoms with Gasteiger partial charge in [-0.15, -0.1) is 0 Å². The lowest BCUT2D eigenvalue weighted by molar-refractivity contribution is 0.341. The molecule has 0 atom stereocenters. The number of hydrogen-bond donors (Lipinski definition) is 1. The van der Waals surface area contributed by atoms with Crippen LogP contribution in [0.2, 0.25) is 0 Å². The third kappa shape index (κ3) is 5.55. The summed E-state index contributed by atoms with van der Waals surface area (Å²) in [5, 5.41) is 8.74. The van der Waals surface area contributed by atoms with Crippen LogP contribution in [0.15, 0.2) is 34.0 Å². The lowest BCUT2D eigenvalue weighted by Crippen LogP contribution is -1.85. The number of aryl methyl sites for hydroxylation is 1. The van der Waals surface area contributed by atoms with Crippen molar-refractivity contribution in [3.63, 3.8) is 0 Å². The van der Waals surface area contributed by atoms with Crippen LogP contribution < -0.4 is 0 Å². The van der Waals surface area contributed by atoms with Crippen LogP contribution >= 0.6 is 0 Å². The Morgan fingerprint density at radius 3 is 2.76 bits per heavy atom. The van der Waals surface area contributed by atoms with E-state index in [1.54, 1.807) is 0 Å². The minimum absolute atomic E-state index is 0.141. The smallest absolute Gasteiger partial charge is 0.126 e. The highest BCUT2D eigenvalue weighted by molar-refractivity contribution is 5.46. The standard InChI is InChI=1S/C15H22O2/c1-12(2)9-15-10-14(11-17-15)6-4-5-13(3)7-8-16/h7,9-11,16H,4-6,8H2,1-3H3/b13-7+. The highest BCUT2D eigenvalue weighted by Crippen LogP contribution is 2.15. The summed E-state index contributed by atoms with van der Waals surface area (Å²) in [6, 6.07) is 2.10. The molecule has 0 fully saturated rings. The maximum Gasteiger partial charge on any atom is 0.126 e. The van der Waals surface area contributed by atoms with Crippen LogP contribution in [0.3, 0.4) is 0 Å². The SMILES string of the molecule is CC(C)=Cc1cc(CCC/C(C)=C/CO)co1. The van der Waals surface area contributed by atoms with Gasteiger partial charge in [-0.3, -0.25) is 0 Å². The number of aliphatic hydroxyl groups is 1. The van der Waals surface area contributed by atoms with E-state index in [0.29, 0.717) is 0 Å². The molecule has 2 nitrogen and oxygen atoms in total. The molecule has 2 heteroatoms. The normalized spacial score (nSPS) is 11.6. The van der Waals surface area contributed by atoms with Crippen molar-refractivity contribution >= 4 is 6.08 Å². The van der Waals surface area contributed by atoms with Gasteiger partial charge in [0.05, 0.1) is 12.9 Å². The highest BCUT2D eigenvalue weighted by Gasteiger charge is 2.00. The maximum atomic E-state index is 8.74. The molecular weight excluding hydrogens is 212 g/mol. The molecule has 1 aromatic rings. The van der Waals surface area contributed by atoms with Gasteiger partial charge in [0.25, 0.3) is 0 Å². The zero-order chi connectivity index (χ0) is 12.7. The summed E-state index contributed by atoms with van der Waals surface area (Å²) < 4.78 is 5.45. The molecule has 1 aromatic heterocycles. The van der Waals surface area contributed by atoms with Crippen LogP contribution in [0.25, 0.3) is 6.08 Å². The van der Waals surface area contributed by atoms with Crippen molar-refractivity contribution in [1.82, 2.24) is 0 Å². The fourth-order valence-electron chi connectivity index (χ4n) is 1.72. The van der Waals surface area contributed by atoms with Crippen molar-refractivity contribution in [2.24, 2.45) is 0 Å². The molecule has 0 aromatic carbocycles. The molecule has 94 valence electrons. The Morgan fingerprint density at radius 2 is 2.12 bits per heavy atom. The van der Waals surface area contributed by atoms with E-state index in [9.17, 15) is 0 Å². The first kappa shape index (κ1) is 13.8. The minimum Gasteiger partial charge on any atom is -0.465 e. The predicted octanol–water partition coefficient (Wildman–Crippen LogP) is 3.96. The van der Waals surface area contributed by atoms with Crippen molar-refractivity contribution in [1.29, 1.82) is 0 Å². The van der Waals surface area contributed by atoms with E-state index in [1.807, 2.05) is 18.4 Å². The second-order valence-corrected chi connectivity index (χ2v) is 4.67. The first-order valence-corrected chi connectivity index (χ1v) is 6.10. The van der Waals surface area contributed by atoms with Crippen LogP contribution in [0.4, 0.5) is 0 Å². The molecule has 1 heterocycles. The van der Waals surface area contributed by atoms with Gasteiger partial charge in [0, 0.05) is 0 Å². The van der Waals surface area contributed by atoms with E-state index in [2.05, 4.69) is 26.8 Å². The topological polar surface area (TPSA) is 33.4 Å². The first-order valence-electron chi connectivity index (χ1n) is 6.10. The Bertz CT molecular complexity index is 393. The Hall–Kier alpha value is -1.28. The molecule has 0 radical (unpaired) electrons. The van der Waals surface area contributed by atoms with Crippen LogP contribution in [0, 0.1) is 0 Å². The summed E-state index contributed by atoms with van der Waals surface area (Å²) in [7, 11) is 0. The van der Waals surface area contributed by atoms with Crippen molar-refractivity contribution in [2.45, 2.75) is 40.0 Å². The highest BCUT2D eigenvalue weighted by atomic mass is 16.3. The molecule has 17 heavy (non-hydrogen) atoms. The number of hydrogen-bond acceptors (Lipinski definition) is 2. The molecule has 0 aliphatic rings. The molecule has 0 amide bonds. The van der Waals surface area contributed by atoms with E-state index >= 15 is 0 Å². The van der Waals surface area contributed by atoms with Gasteiger partial charge in [0.1, 0.15) is 5.76 Å². The van der Waals surface area contributed by atoms with Crippen molar-refractivity contribution in [2.75, 3.05) is 6.61 Å². The molecule has 0 saturated heterocycles. The van der Waals surface area contributed by atoms with Gasteiger partial charge in [-0.2, -0.15) is 0 Å². The Balaban J connectivity index is 2.40. The summed E-state index contributed by atoms with van der Waals surface area (Å²) >= 11 is 0. The molecule has 1 N–H and O–H groups in total. The minimum atomic E-state index is 0.141. The third-order valence-electron chi connectivity index (χ3n) is 2.58. The van der Waals surface area contributed by atoms with Gasteiger partial charge >= 0.3 is 0 Å². The van der Waals surface area contributed by atoms with Gasteiger partial charge in [0.15, 0.2) is 0 Å². The number of allylic oxidation sites excluding steroid dienone is 2. The molecule has 1 rings (SSSR count). The predicted molar refractivity (Wildman–Crippen MR) is 71.8 cm³/mol. The van der Waals surface area contributed by atoms with E-state index in [0.717, 1.165) is 25.0 Å². The first-order chi connectivity index (χ1) is 8.11. The number of furan rings is 1. The largest absolute Gasteiger partial charge is 0.465 e. The summed E-state index contributed by atoms with van der Waals surface area (Å²) in [4.78, 5) is 0. The number of rotatable bonds is 6. The van der Waals surface area contributed by atoms with Gasteiger partial charge in [-0.25, -0.2) is 0 Å².